The zero-order chi connectivity index (χ0) is 23.7. The van der Waals surface area contributed by atoms with E-state index in [0.29, 0.717) is 10.2 Å². The molecule has 2 aromatic rings. The van der Waals surface area contributed by atoms with Crippen LogP contribution in [-0.2, 0) is 32.0 Å². The highest BCUT2D eigenvalue weighted by molar-refractivity contribution is 8.14. The van der Waals surface area contributed by atoms with Gasteiger partial charge in [-0.15, -0.1) is 0 Å². The molecule has 3 heterocycles. The first kappa shape index (κ1) is 23.0. The quantitative estimate of drug-likeness (QED) is 0.635. The number of rotatable bonds is 5. The number of esters is 1. The topological polar surface area (TPSA) is 85.2 Å². The number of amidine groups is 1. The number of aromatic nitrogens is 1. The van der Waals surface area contributed by atoms with Crippen molar-refractivity contribution >= 4 is 51.3 Å². The van der Waals surface area contributed by atoms with Gasteiger partial charge >= 0.3 is 5.97 Å². The van der Waals surface area contributed by atoms with Crippen molar-refractivity contribution in [3.8, 4) is 0 Å². The van der Waals surface area contributed by atoms with Gasteiger partial charge in [-0.3, -0.25) is 14.6 Å². The summed E-state index contributed by atoms with van der Waals surface area (Å²) in [5.41, 5.74) is 2.80. The monoisotopic (exact) mass is 500 g/mol. The van der Waals surface area contributed by atoms with Crippen LogP contribution < -0.4 is 5.32 Å². The Hall–Kier alpha value is -2.75. The number of aliphatic imine (C=N–C) groups is 1. The number of allylic oxidation sites excluding steroid dienone is 1. The molecule has 1 N–H and O–H groups in total. The van der Waals surface area contributed by atoms with E-state index >= 15 is 0 Å². The molecule has 8 nitrogen and oxygen atoms in total. The summed E-state index contributed by atoms with van der Waals surface area (Å²) in [6, 6.07) is 5.44. The summed E-state index contributed by atoms with van der Waals surface area (Å²) < 4.78 is 12.0. The van der Waals surface area contributed by atoms with Gasteiger partial charge in [0.25, 0.3) is 0 Å². The van der Waals surface area contributed by atoms with Crippen molar-refractivity contribution < 1.29 is 19.1 Å². The largest absolute Gasteiger partial charge is 0.468 e. The van der Waals surface area contributed by atoms with Crippen molar-refractivity contribution in [2.45, 2.75) is 24.3 Å². The molecule has 1 saturated heterocycles. The molecule has 10 heteroatoms. The summed E-state index contributed by atoms with van der Waals surface area (Å²) in [7, 11) is 1.35. The Balaban J connectivity index is 1.26. The Bertz CT molecular complexity index is 1220. The van der Waals surface area contributed by atoms with Gasteiger partial charge in [0.2, 0.25) is 5.91 Å². The van der Waals surface area contributed by atoms with Crippen LogP contribution in [0.4, 0.5) is 0 Å². The number of benzene rings is 1. The van der Waals surface area contributed by atoms with Crippen LogP contribution in [0.25, 0.3) is 10.9 Å². The van der Waals surface area contributed by atoms with Crippen molar-refractivity contribution in [2.75, 3.05) is 33.4 Å². The molecular weight excluding hydrogens is 476 g/mol. The number of morpholine rings is 1. The van der Waals surface area contributed by atoms with Crippen molar-refractivity contribution in [3.63, 3.8) is 0 Å². The van der Waals surface area contributed by atoms with Crippen LogP contribution in [0.3, 0.4) is 0 Å². The van der Waals surface area contributed by atoms with E-state index in [1.165, 1.54) is 12.8 Å². The van der Waals surface area contributed by atoms with E-state index in [9.17, 15) is 9.59 Å². The van der Waals surface area contributed by atoms with E-state index in [0.717, 1.165) is 42.8 Å². The van der Waals surface area contributed by atoms with Crippen LogP contribution >= 0.6 is 23.4 Å². The summed E-state index contributed by atoms with van der Waals surface area (Å²) in [5, 5.41) is 5.16. The first-order valence-electron chi connectivity index (χ1n) is 11.1. The zero-order valence-electron chi connectivity index (χ0n) is 18.7. The number of fused-ring (bicyclic) bond motifs is 2. The molecule has 2 aliphatic heterocycles. The number of hydrogen-bond donors (Lipinski definition) is 1. The van der Waals surface area contributed by atoms with Crippen molar-refractivity contribution in [2.24, 2.45) is 4.99 Å². The molecule has 1 amide bonds. The van der Waals surface area contributed by atoms with E-state index in [1.54, 1.807) is 28.6 Å². The van der Waals surface area contributed by atoms with Crippen LogP contribution in [0, 0.1) is 0 Å². The highest BCUT2D eigenvalue weighted by Crippen LogP contribution is 2.33. The molecule has 1 aromatic carbocycles. The van der Waals surface area contributed by atoms with Gasteiger partial charge in [0.1, 0.15) is 6.54 Å². The van der Waals surface area contributed by atoms with E-state index in [-0.39, 0.29) is 36.1 Å². The number of hydrogen-bond acceptors (Lipinski definition) is 7. The second-order valence-corrected chi connectivity index (χ2v) is 9.91. The molecule has 1 aliphatic carbocycles. The molecule has 0 saturated carbocycles. The van der Waals surface area contributed by atoms with Crippen molar-refractivity contribution in [3.05, 3.63) is 58.9 Å². The van der Waals surface area contributed by atoms with E-state index in [1.807, 2.05) is 12.1 Å². The second-order valence-electron chi connectivity index (χ2n) is 8.30. The third-order valence-electron chi connectivity index (χ3n) is 6.08. The molecule has 3 aliphatic rings. The first-order valence-corrected chi connectivity index (χ1v) is 12.4. The minimum atomic E-state index is -0.361. The summed E-state index contributed by atoms with van der Waals surface area (Å²) in [4.78, 5) is 31.7. The van der Waals surface area contributed by atoms with Gasteiger partial charge in [-0.2, -0.15) is 0 Å². The normalized spacial score (nSPS) is 21.8. The van der Waals surface area contributed by atoms with Crippen molar-refractivity contribution in [1.29, 1.82) is 0 Å². The predicted molar refractivity (Wildman–Crippen MR) is 133 cm³/mol. The van der Waals surface area contributed by atoms with Gasteiger partial charge in [-0.05, 0) is 35.9 Å². The lowest BCUT2D eigenvalue weighted by Crippen LogP contribution is -2.36. The average Bonchev–Trinajstić information content (AvgIpc) is 3.39. The number of halogens is 1. The number of carbonyl (C=O) groups excluding carboxylic acids is 2. The Labute approximate surface area is 206 Å². The zero-order valence-corrected chi connectivity index (χ0v) is 20.3. The highest BCUT2D eigenvalue weighted by Gasteiger charge is 2.31. The lowest BCUT2D eigenvalue weighted by Gasteiger charge is -2.32. The number of nitrogens with one attached hydrogen (secondary N) is 1. The molecule has 1 fully saturated rings. The fourth-order valence-electron chi connectivity index (χ4n) is 4.39. The Morgan fingerprint density at radius 3 is 2.94 bits per heavy atom. The lowest BCUT2D eigenvalue weighted by molar-refractivity contribution is -0.141. The van der Waals surface area contributed by atoms with Gasteiger partial charge in [-0.25, -0.2) is 0 Å². The minimum Gasteiger partial charge on any atom is -0.468 e. The van der Waals surface area contributed by atoms with Crippen molar-refractivity contribution in [1.82, 2.24) is 14.8 Å². The molecule has 1 aromatic heterocycles. The molecular formula is C24H25ClN4O4S. The molecule has 0 radical (unpaired) electrons. The Morgan fingerprint density at radius 2 is 2.15 bits per heavy atom. The summed E-state index contributed by atoms with van der Waals surface area (Å²) in [6.45, 7) is 3.32. The van der Waals surface area contributed by atoms with Gasteiger partial charge in [0.05, 0.1) is 38.0 Å². The summed E-state index contributed by atoms with van der Waals surface area (Å²) in [6.07, 6.45) is 8.39. The molecule has 2 atom stereocenters. The number of ether oxygens (including phenoxy) is 2. The molecule has 0 spiro atoms. The van der Waals surface area contributed by atoms with Crippen LogP contribution in [0.15, 0.2) is 53.3 Å². The maximum absolute atomic E-state index is 12.9. The van der Waals surface area contributed by atoms with Crippen LogP contribution in [0.2, 0.25) is 5.02 Å². The smallest absolute Gasteiger partial charge is 0.325 e. The van der Waals surface area contributed by atoms with E-state index in [4.69, 9.17) is 21.1 Å². The molecule has 34 heavy (non-hydrogen) atoms. The lowest BCUT2D eigenvalue weighted by atomic mass is 10.1. The number of methoxy groups -OCH3 is 1. The van der Waals surface area contributed by atoms with Crippen LogP contribution in [-0.4, -0.2) is 71.2 Å². The van der Waals surface area contributed by atoms with Crippen LogP contribution in [0.5, 0.6) is 0 Å². The van der Waals surface area contributed by atoms with Crippen LogP contribution in [0.1, 0.15) is 5.56 Å². The molecule has 178 valence electrons. The fourth-order valence-corrected chi connectivity index (χ4v) is 5.68. The maximum atomic E-state index is 12.9. The molecule has 1 unspecified atom stereocenters. The SMILES string of the molecule is COC(=O)Cn1cc(CC(=O)NC2=NC3C=CC(N4CCOCC4)=C[C@H]3S2)c2cc(Cl)ccc21. The third-order valence-corrected chi connectivity index (χ3v) is 7.43. The molecule has 0 bridgehead atoms. The summed E-state index contributed by atoms with van der Waals surface area (Å²) in [5.74, 6) is -0.525. The predicted octanol–water partition coefficient (Wildman–Crippen LogP) is 2.75. The van der Waals surface area contributed by atoms with Gasteiger partial charge in [0.15, 0.2) is 5.17 Å². The molecule has 5 rings (SSSR count). The second kappa shape index (κ2) is 9.85. The number of carbonyl (C=O) groups is 2. The third kappa shape index (κ3) is 4.87. The standard InChI is InChI=1S/C24H25ClN4O4S/c1-32-23(31)14-29-13-15(18-11-16(25)2-5-20(18)29)10-22(30)27-24-26-19-4-3-17(12-21(19)34-24)28-6-8-33-9-7-28/h2-5,11-13,19,21H,6-10,14H2,1H3,(H,26,27,30)/t19?,21-/m1/s1. The maximum Gasteiger partial charge on any atom is 0.325 e. The fraction of sp³-hybridized carbons (Fsp3) is 0.375. The highest BCUT2D eigenvalue weighted by atomic mass is 35.5. The van der Waals surface area contributed by atoms with E-state index in [2.05, 4.69) is 33.4 Å². The Kier molecular flexibility index (Phi) is 6.67. The van der Waals surface area contributed by atoms with Gasteiger partial charge in [0, 0.05) is 40.9 Å². The van der Waals surface area contributed by atoms with Gasteiger partial charge < -0.3 is 24.3 Å². The average molecular weight is 501 g/mol. The number of thioether (sulfide) groups is 1. The number of nitrogens with zero attached hydrogens (tertiary/aromatic N) is 3. The minimum absolute atomic E-state index is 0.0193. The number of amides is 1. The van der Waals surface area contributed by atoms with E-state index < -0.39 is 0 Å². The van der Waals surface area contributed by atoms with Gasteiger partial charge in [-0.1, -0.05) is 29.4 Å². The Morgan fingerprint density at radius 1 is 1.32 bits per heavy atom. The first-order chi connectivity index (χ1) is 16.5. The summed E-state index contributed by atoms with van der Waals surface area (Å²) >= 11 is 7.77.